The number of rotatable bonds is 5. The van der Waals surface area contributed by atoms with E-state index in [0.29, 0.717) is 5.75 Å². The van der Waals surface area contributed by atoms with Crippen molar-refractivity contribution in [1.82, 2.24) is 5.32 Å². The van der Waals surface area contributed by atoms with Gasteiger partial charge < -0.3 is 15.2 Å². The van der Waals surface area contributed by atoms with Crippen LogP contribution in [-0.2, 0) is 9.59 Å². The van der Waals surface area contributed by atoms with Gasteiger partial charge in [-0.25, -0.2) is 4.79 Å². The van der Waals surface area contributed by atoms with Gasteiger partial charge in [-0.2, -0.15) is 0 Å². The molecular weight excluding hydrogens is 234 g/mol. The van der Waals surface area contributed by atoms with Gasteiger partial charge >= 0.3 is 5.97 Å². The molecule has 1 rings (SSSR count). The zero-order valence-corrected chi connectivity index (χ0v) is 10.6. The van der Waals surface area contributed by atoms with Crippen LogP contribution in [0.5, 0.6) is 5.75 Å². The lowest BCUT2D eigenvalue weighted by atomic mass is 9.93. The molecule has 1 aromatic rings. The number of carbonyl (C=O) groups excluding carboxylic acids is 1. The van der Waals surface area contributed by atoms with Crippen molar-refractivity contribution in [3.05, 3.63) is 29.8 Å². The highest BCUT2D eigenvalue weighted by Crippen LogP contribution is 2.22. The number of hydrogen-bond donors (Lipinski definition) is 2. The first kappa shape index (κ1) is 14.0. The van der Waals surface area contributed by atoms with Gasteiger partial charge in [-0.05, 0) is 17.7 Å². The summed E-state index contributed by atoms with van der Waals surface area (Å²) in [5, 5.41) is 11.6. The molecule has 2 atom stereocenters. The summed E-state index contributed by atoms with van der Waals surface area (Å²) in [6.07, 6.45) is 0. The van der Waals surface area contributed by atoms with Crippen molar-refractivity contribution >= 4 is 11.9 Å². The zero-order valence-electron chi connectivity index (χ0n) is 10.6. The molecule has 0 aliphatic carbocycles. The molecule has 0 bridgehead atoms. The molecule has 0 aliphatic heterocycles. The summed E-state index contributed by atoms with van der Waals surface area (Å²) < 4.78 is 5.04. The summed E-state index contributed by atoms with van der Waals surface area (Å²) in [5.41, 5.74) is 0.831. The fourth-order valence-electron chi connectivity index (χ4n) is 1.72. The number of ether oxygens (including phenoxy) is 1. The summed E-state index contributed by atoms with van der Waals surface area (Å²) in [5.74, 6) is -1.02. The van der Waals surface area contributed by atoms with E-state index in [-0.39, 0.29) is 11.8 Å². The van der Waals surface area contributed by atoms with E-state index in [9.17, 15) is 9.59 Å². The molecule has 0 aromatic heterocycles. The summed E-state index contributed by atoms with van der Waals surface area (Å²) in [7, 11) is 1.57. The number of carbonyl (C=O) groups is 2. The lowest BCUT2D eigenvalue weighted by Crippen LogP contribution is -2.43. The molecule has 1 aromatic carbocycles. The van der Waals surface area contributed by atoms with Crippen LogP contribution >= 0.6 is 0 Å². The van der Waals surface area contributed by atoms with Crippen LogP contribution in [0.3, 0.4) is 0 Å². The van der Waals surface area contributed by atoms with Gasteiger partial charge in [0.25, 0.3) is 0 Å². The molecule has 18 heavy (non-hydrogen) atoms. The standard InChI is InChI=1S/C13H17NO4/c1-8(12(13(16)17)14-9(2)15)10-4-6-11(18-3)7-5-10/h4-8,12H,1-3H3,(H,14,15)(H,16,17)/t8-,12+/m0/s1. The van der Waals surface area contributed by atoms with Crippen LogP contribution in [0.15, 0.2) is 24.3 Å². The molecule has 0 fully saturated rings. The highest BCUT2D eigenvalue weighted by molar-refractivity contribution is 5.83. The lowest BCUT2D eigenvalue weighted by Gasteiger charge is -2.21. The van der Waals surface area contributed by atoms with E-state index >= 15 is 0 Å². The SMILES string of the molecule is COc1ccc([C@H](C)[C@@H](NC(C)=O)C(=O)O)cc1. The molecule has 5 nitrogen and oxygen atoms in total. The van der Waals surface area contributed by atoms with Crippen molar-refractivity contribution in [2.45, 2.75) is 25.8 Å². The number of carboxylic acids is 1. The van der Waals surface area contributed by atoms with Crippen LogP contribution in [-0.4, -0.2) is 30.1 Å². The maximum Gasteiger partial charge on any atom is 0.326 e. The van der Waals surface area contributed by atoms with Crippen molar-refractivity contribution in [1.29, 1.82) is 0 Å². The van der Waals surface area contributed by atoms with Crippen LogP contribution in [0, 0.1) is 0 Å². The van der Waals surface area contributed by atoms with Crippen molar-refractivity contribution < 1.29 is 19.4 Å². The molecule has 0 spiro atoms. The van der Waals surface area contributed by atoms with Gasteiger partial charge in [0.05, 0.1) is 7.11 Å². The largest absolute Gasteiger partial charge is 0.497 e. The monoisotopic (exact) mass is 251 g/mol. The number of nitrogens with one attached hydrogen (secondary N) is 1. The minimum absolute atomic E-state index is 0.322. The summed E-state index contributed by atoms with van der Waals surface area (Å²) in [6, 6.07) is 6.18. The Morgan fingerprint density at radius 3 is 2.22 bits per heavy atom. The van der Waals surface area contributed by atoms with Gasteiger partial charge in [0, 0.05) is 12.8 Å². The number of aliphatic carboxylic acids is 1. The summed E-state index contributed by atoms with van der Waals surface area (Å²) in [4.78, 5) is 22.1. The minimum atomic E-state index is -1.05. The average molecular weight is 251 g/mol. The minimum Gasteiger partial charge on any atom is -0.497 e. The maximum atomic E-state index is 11.1. The molecule has 0 saturated heterocycles. The maximum absolute atomic E-state index is 11.1. The van der Waals surface area contributed by atoms with E-state index in [1.807, 2.05) is 0 Å². The first-order valence-corrected chi connectivity index (χ1v) is 5.59. The Bertz CT molecular complexity index is 427. The number of carboxylic acid groups (broad SMARTS) is 1. The van der Waals surface area contributed by atoms with Gasteiger partial charge in [-0.3, -0.25) is 4.79 Å². The predicted molar refractivity (Wildman–Crippen MR) is 66.6 cm³/mol. The first-order chi connectivity index (χ1) is 8.45. The normalized spacial score (nSPS) is 13.5. The molecule has 2 N–H and O–H groups in total. The fraction of sp³-hybridized carbons (Fsp3) is 0.385. The number of benzene rings is 1. The van der Waals surface area contributed by atoms with Crippen molar-refractivity contribution in [3.63, 3.8) is 0 Å². The third-order valence-corrected chi connectivity index (χ3v) is 2.77. The van der Waals surface area contributed by atoms with Gasteiger partial charge in [0.1, 0.15) is 11.8 Å². The first-order valence-electron chi connectivity index (χ1n) is 5.59. The van der Waals surface area contributed by atoms with Crippen LogP contribution in [0.1, 0.15) is 25.3 Å². The molecule has 0 unspecified atom stereocenters. The third-order valence-electron chi connectivity index (χ3n) is 2.77. The molecular formula is C13H17NO4. The summed E-state index contributed by atoms with van der Waals surface area (Å²) >= 11 is 0. The third kappa shape index (κ3) is 3.48. The van der Waals surface area contributed by atoms with Crippen LogP contribution in [0.25, 0.3) is 0 Å². The molecule has 0 saturated carbocycles. The molecule has 0 heterocycles. The van der Waals surface area contributed by atoms with E-state index in [0.717, 1.165) is 5.56 Å². The van der Waals surface area contributed by atoms with E-state index in [1.165, 1.54) is 6.92 Å². The Morgan fingerprint density at radius 2 is 1.83 bits per heavy atom. The highest BCUT2D eigenvalue weighted by Gasteiger charge is 2.26. The van der Waals surface area contributed by atoms with Crippen LogP contribution in [0.2, 0.25) is 0 Å². The Hall–Kier alpha value is -2.04. The average Bonchev–Trinajstić information content (AvgIpc) is 2.34. The second kappa shape index (κ2) is 6.05. The predicted octanol–water partition coefficient (Wildman–Crippen LogP) is 1.39. The molecule has 0 aliphatic rings. The number of methoxy groups -OCH3 is 1. The quantitative estimate of drug-likeness (QED) is 0.829. The van der Waals surface area contributed by atoms with E-state index in [2.05, 4.69) is 5.32 Å². The Balaban J connectivity index is 2.90. The Labute approximate surface area is 106 Å². The van der Waals surface area contributed by atoms with Gasteiger partial charge in [0.15, 0.2) is 0 Å². The Morgan fingerprint density at radius 1 is 1.28 bits per heavy atom. The molecule has 1 amide bonds. The van der Waals surface area contributed by atoms with Crippen LogP contribution in [0.4, 0.5) is 0 Å². The van der Waals surface area contributed by atoms with Gasteiger partial charge in [-0.1, -0.05) is 19.1 Å². The second-order valence-corrected chi connectivity index (χ2v) is 4.08. The Kier molecular flexibility index (Phi) is 4.71. The van der Waals surface area contributed by atoms with E-state index < -0.39 is 12.0 Å². The fourth-order valence-corrected chi connectivity index (χ4v) is 1.72. The van der Waals surface area contributed by atoms with E-state index in [4.69, 9.17) is 9.84 Å². The highest BCUT2D eigenvalue weighted by atomic mass is 16.5. The van der Waals surface area contributed by atoms with Crippen molar-refractivity contribution in [2.75, 3.05) is 7.11 Å². The molecule has 98 valence electrons. The zero-order chi connectivity index (χ0) is 13.7. The number of amides is 1. The molecule has 5 heteroatoms. The molecule has 0 radical (unpaired) electrons. The van der Waals surface area contributed by atoms with E-state index in [1.54, 1.807) is 38.3 Å². The van der Waals surface area contributed by atoms with Crippen LogP contribution < -0.4 is 10.1 Å². The number of hydrogen-bond acceptors (Lipinski definition) is 3. The van der Waals surface area contributed by atoms with Crippen molar-refractivity contribution in [2.24, 2.45) is 0 Å². The smallest absolute Gasteiger partial charge is 0.326 e. The van der Waals surface area contributed by atoms with Crippen molar-refractivity contribution in [3.8, 4) is 5.75 Å². The summed E-state index contributed by atoms with van der Waals surface area (Å²) in [6.45, 7) is 3.06. The van der Waals surface area contributed by atoms with Gasteiger partial charge in [0.2, 0.25) is 5.91 Å². The van der Waals surface area contributed by atoms with Gasteiger partial charge in [-0.15, -0.1) is 0 Å². The second-order valence-electron chi connectivity index (χ2n) is 4.08. The lowest BCUT2D eigenvalue weighted by molar-refractivity contribution is -0.142. The topological polar surface area (TPSA) is 75.6 Å².